The first kappa shape index (κ1) is 12.6. The van der Waals surface area contributed by atoms with Crippen molar-refractivity contribution in [2.24, 2.45) is 5.92 Å². The smallest absolute Gasteiger partial charge is 0.388 e. The number of likely N-dealkylation sites (tertiary alicyclic amines) is 1. The number of aromatic nitrogens is 2. The molecule has 0 aliphatic carbocycles. The molecule has 1 aliphatic heterocycles. The van der Waals surface area contributed by atoms with E-state index in [9.17, 15) is 13.2 Å². The quantitative estimate of drug-likeness (QED) is 0.888. The van der Waals surface area contributed by atoms with Crippen molar-refractivity contribution in [1.29, 1.82) is 0 Å². The summed E-state index contributed by atoms with van der Waals surface area (Å²) in [6.45, 7) is 1.04. The van der Waals surface area contributed by atoms with E-state index in [4.69, 9.17) is 5.73 Å². The van der Waals surface area contributed by atoms with Crippen molar-refractivity contribution in [1.82, 2.24) is 14.5 Å². The van der Waals surface area contributed by atoms with Gasteiger partial charge in [-0.3, -0.25) is 4.90 Å². The molecule has 17 heavy (non-hydrogen) atoms. The van der Waals surface area contributed by atoms with Gasteiger partial charge in [0.1, 0.15) is 10.7 Å². The normalized spacial score (nSPS) is 22.9. The zero-order valence-electron chi connectivity index (χ0n) is 9.07. The molecule has 0 saturated carbocycles. The highest BCUT2D eigenvalue weighted by atomic mass is 32.1. The zero-order chi connectivity index (χ0) is 12.5. The number of halogens is 3. The molecule has 1 atom stereocenters. The summed E-state index contributed by atoms with van der Waals surface area (Å²) in [6, 6.07) is 0. The third-order valence-corrected chi connectivity index (χ3v) is 3.52. The maximum Gasteiger partial charge on any atom is 0.393 e. The van der Waals surface area contributed by atoms with Gasteiger partial charge in [0.2, 0.25) is 0 Å². The molecule has 2 N–H and O–H groups in total. The van der Waals surface area contributed by atoms with E-state index in [0.29, 0.717) is 30.2 Å². The molecule has 1 unspecified atom stereocenters. The van der Waals surface area contributed by atoms with E-state index in [1.165, 1.54) is 0 Å². The lowest BCUT2D eigenvalue weighted by Crippen LogP contribution is -2.41. The molecule has 8 heteroatoms. The Balaban J connectivity index is 1.96. The molecule has 0 bridgehead atoms. The van der Waals surface area contributed by atoms with Crippen molar-refractivity contribution < 1.29 is 13.2 Å². The molecular weight excluding hydrogens is 253 g/mol. The van der Waals surface area contributed by atoms with Gasteiger partial charge in [-0.1, -0.05) is 4.49 Å². The lowest BCUT2D eigenvalue weighted by Gasteiger charge is -2.33. The van der Waals surface area contributed by atoms with Crippen LogP contribution in [0.25, 0.3) is 0 Å². The Morgan fingerprint density at radius 1 is 1.47 bits per heavy atom. The fourth-order valence-corrected chi connectivity index (χ4v) is 2.44. The Kier molecular flexibility index (Phi) is 3.53. The molecule has 4 nitrogen and oxygen atoms in total. The van der Waals surface area contributed by atoms with Crippen molar-refractivity contribution >= 4 is 16.5 Å². The van der Waals surface area contributed by atoms with Crippen molar-refractivity contribution in [3.05, 3.63) is 5.69 Å². The monoisotopic (exact) mass is 266 g/mol. The van der Waals surface area contributed by atoms with Gasteiger partial charge in [0.15, 0.2) is 0 Å². The van der Waals surface area contributed by atoms with Crippen molar-refractivity contribution in [3.63, 3.8) is 0 Å². The SMILES string of the molecule is Nc1snnc1CN1CCCC(C(F)(F)F)C1. The average Bonchev–Trinajstić information content (AvgIpc) is 2.64. The van der Waals surface area contributed by atoms with Gasteiger partial charge in [-0.2, -0.15) is 13.2 Å². The van der Waals surface area contributed by atoms with Crippen LogP contribution in [0.2, 0.25) is 0 Å². The minimum absolute atomic E-state index is 0.0282. The zero-order valence-corrected chi connectivity index (χ0v) is 9.89. The number of nitrogen functional groups attached to an aromatic ring is 1. The van der Waals surface area contributed by atoms with Crippen LogP contribution in [0.3, 0.4) is 0 Å². The number of nitrogens with two attached hydrogens (primary N) is 1. The van der Waals surface area contributed by atoms with E-state index < -0.39 is 12.1 Å². The van der Waals surface area contributed by atoms with Crippen LogP contribution >= 0.6 is 11.5 Å². The predicted octanol–water partition coefficient (Wildman–Crippen LogP) is 1.89. The number of nitrogens with zero attached hydrogens (tertiary/aromatic N) is 3. The van der Waals surface area contributed by atoms with Crippen LogP contribution in [0.15, 0.2) is 0 Å². The average molecular weight is 266 g/mol. The summed E-state index contributed by atoms with van der Waals surface area (Å²) in [6.07, 6.45) is -3.34. The molecule has 1 saturated heterocycles. The van der Waals surface area contributed by atoms with Crippen molar-refractivity contribution in [2.45, 2.75) is 25.6 Å². The van der Waals surface area contributed by atoms with Gasteiger partial charge in [-0.05, 0) is 19.4 Å². The number of hydrogen-bond donors (Lipinski definition) is 1. The lowest BCUT2D eigenvalue weighted by atomic mass is 9.97. The van der Waals surface area contributed by atoms with Gasteiger partial charge >= 0.3 is 6.18 Å². The highest BCUT2D eigenvalue weighted by Gasteiger charge is 2.41. The van der Waals surface area contributed by atoms with Crippen molar-refractivity contribution in [3.8, 4) is 0 Å². The minimum atomic E-state index is -4.11. The summed E-state index contributed by atoms with van der Waals surface area (Å²) in [5.41, 5.74) is 6.20. The minimum Gasteiger partial charge on any atom is -0.388 e. The van der Waals surface area contributed by atoms with Gasteiger partial charge < -0.3 is 5.73 Å². The molecule has 1 aromatic rings. The summed E-state index contributed by atoms with van der Waals surface area (Å²) in [5.74, 6) is -1.23. The van der Waals surface area contributed by atoms with E-state index in [2.05, 4.69) is 9.59 Å². The van der Waals surface area contributed by atoms with Gasteiger partial charge in [0.05, 0.1) is 5.92 Å². The second kappa shape index (κ2) is 4.77. The Labute approximate surface area is 101 Å². The number of alkyl halides is 3. The summed E-state index contributed by atoms with van der Waals surface area (Å²) in [5, 5.41) is 4.30. The Morgan fingerprint density at radius 2 is 2.24 bits per heavy atom. The number of piperidine rings is 1. The third kappa shape index (κ3) is 3.06. The maximum atomic E-state index is 12.6. The lowest BCUT2D eigenvalue weighted by molar-refractivity contribution is -0.187. The standard InChI is InChI=1S/C9H13F3N4S/c10-9(11,12)6-2-1-3-16(4-6)5-7-8(13)17-15-14-7/h6H,1-5,13H2. The first-order valence-electron chi connectivity index (χ1n) is 5.32. The van der Waals surface area contributed by atoms with E-state index in [1.807, 2.05) is 0 Å². The molecule has 1 fully saturated rings. The number of anilines is 1. The van der Waals surface area contributed by atoms with Crippen LogP contribution in [-0.4, -0.2) is 33.8 Å². The Bertz CT molecular complexity index is 379. The second-order valence-electron chi connectivity index (χ2n) is 4.20. The van der Waals surface area contributed by atoms with Crippen molar-refractivity contribution in [2.75, 3.05) is 18.8 Å². The molecule has 0 amide bonds. The Hall–Kier alpha value is -0.890. The molecule has 2 heterocycles. The van der Waals surface area contributed by atoms with Gasteiger partial charge in [0, 0.05) is 24.6 Å². The van der Waals surface area contributed by atoms with Crippen LogP contribution in [0, 0.1) is 5.92 Å². The van der Waals surface area contributed by atoms with Gasteiger partial charge in [0.25, 0.3) is 0 Å². The van der Waals surface area contributed by atoms with Crippen LogP contribution in [0.1, 0.15) is 18.5 Å². The van der Waals surface area contributed by atoms with Crippen LogP contribution in [0.4, 0.5) is 18.2 Å². The third-order valence-electron chi connectivity index (χ3n) is 2.93. The van der Waals surface area contributed by atoms with Crippen LogP contribution in [-0.2, 0) is 6.54 Å². The summed E-state index contributed by atoms with van der Waals surface area (Å²) < 4.78 is 41.5. The maximum absolute atomic E-state index is 12.6. The first-order valence-corrected chi connectivity index (χ1v) is 6.10. The summed E-state index contributed by atoms with van der Waals surface area (Å²) >= 11 is 1.07. The highest BCUT2D eigenvalue weighted by Crippen LogP contribution is 2.33. The van der Waals surface area contributed by atoms with Gasteiger partial charge in [-0.25, -0.2) is 0 Å². The van der Waals surface area contributed by atoms with Gasteiger partial charge in [-0.15, -0.1) is 5.10 Å². The van der Waals surface area contributed by atoms with E-state index in [-0.39, 0.29) is 13.0 Å². The molecule has 0 radical (unpaired) electrons. The van der Waals surface area contributed by atoms with E-state index in [0.717, 1.165) is 11.5 Å². The Morgan fingerprint density at radius 3 is 2.82 bits per heavy atom. The largest absolute Gasteiger partial charge is 0.393 e. The molecule has 1 aromatic heterocycles. The van der Waals surface area contributed by atoms with E-state index >= 15 is 0 Å². The summed E-state index contributed by atoms with van der Waals surface area (Å²) in [4.78, 5) is 1.74. The molecule has 0 aromatic carbocycles. The highest BCUT2D eigenvalue weighted by molar-refractivity contribution is 7.09. The fraction of sp³-hybridized carbons (Fsp3) is 0.778. The van der Waals surface area contributed by atoms with Crippen LogP contribution < -0.4 is 5.73 Å². The second-order valence-corrected chi connectivity index (χ2v) is 4.99. The molecular formula is C9H13F3N4S. The summed E-state index contributed by atoms with van der Waals surface area (Å²) in [7, 11) is 0. The van der Waals surface area contributed by atoms with Crippen LogP contribution in [0.5, 0.6) is 0 Å². The molecule has 2 rings (SSSR count). The van der Waals surface area contributed by atoms with E-state index in [1.54, 1.807) is 4.90 Å². The fourth-order valence-electron chi connectivity index (χ4n) is 2.00. The predicted molar refractivity (Wildman–Crippen MR) is 58.4 cm³/mol. The molecule has 1 aliphatic rings. The molecule has 96 valence electrons. The number of rotatable bonds is 2. The topological polar surface area (TPSA) is 55.0 Å². The first-order chi connectivity index (χ1) is 7.97. The molecule has 0 spiro atoms. The number of hydrogen-bond acceptors (Lipinski definition) is 5.